The molecule has 150 valence electrons. The van der Waals surface area contributed by atoms with E-state index in [4.69, 9.17) is 14.2 Å². The molecule has 1 heterocycles. The van der Waals surface area contributed by atoms with Crippen LogP contribution in [-0.4, -0.2) is 54.5 Å². The van der Waals surface area contributed by atoms with Crippen molar-refractivity contribution in [3.8, 4) is 0 Å². The molecule has 1 N–H and O–H groups in total. The molecule has 0 aromatic heterocycles. The van der Waals surface area contributed by atoms with E-state index >= 15 is 0 Å². The van der Waals surface area contributed by atoms with Crippen molar-refractivity contribution >= 4 is 12.2 Å². The molecule has 7 nitrogen and oxygen atoms in total. The monoisotopic (exact) mass is 378 g/mol. The second-order valence-electron chi connectivity index (χ2n) is 7.52. The lowest BCUT2D eigenvalue weighted by Gasteiger charge is -2.38. The van der Waals surface area contributed by atoms with Gasteiger partial charge in [0.05, 0.1) is 12.1 Å². The van der Waals surface area contributed by atoms with Crippen molar-refractivity contribution in [3.63, 3.8) is 0 Å². The normalized spacial score (nSPS) is 20.1. The van der Waals surface area contributed by atoms with E-state index in [-0.39, 0.29) is 18.8 Å². The van der Waals surface area contributed by atoms with Gasteiger partial charge in [-0.3, -0.25) is 0 Å². The summed E-state index contributed by atoms with van der Waals surface area (Å²) in [7, 11) is 0. The number of alkyl carbamates (subject to hydrolysis) is 1. The molecule has 1 aromatic rings. The number of benzene rings is 1. The summed E-state index contributed by atoms with van der Waals surface area (Å²) in [6.45, 7) is 8.92. The van der Waals surface area contributed by atoms with Crippen LogP contribution in [0.2, 0.25) is 0 Å². The van der Waals surface area contributed by atoms with Gasteiger partial charge in [0.2, 0.25) is 0 Å². The van der Waals surface area contributed by atoms with Crippen molar-refractivity contribution in [2.24, 2.45) is 0 Å². The first-order valence-corrected chi connectivity index (χ1v) is 9.35. The number of piperidine rings is 1. The molecule has 2 amide bonds. The second kappa shape index (κ2) is 9.60. The average molecular weight is 378 g/mol. The fourth-order valence-corrected chi connectivity index (χ4v) is 2.92. The Labute approximate surface area is 161 Å². The Hall–Kier alpha value is -2.28. The van der Waals surface area contributed by atoms with Gasteiger partial charge in [-0.2, -0.15) is 0 Å². The summed E-state index contributed by atoms with van der Waals surface area (Å²) in [5.74, 6) is 0. The maximum atomic E-state index is 12.4. The number of rotatable bonds is 5. The van der Waals surface area contributed by atoms with Crippen LogP contribution in [0, 0.1) is 0 Å². The Morgan fingerprint density at radius 3 is 2.56 bits per heavy atom. The molecule has 0 bridgehead atoms. The summed E-state index contributed by atoms with van der Waals surface area (Å²) >= 11 is 0. The van der Waals surface area contributed by atoms with Gasteiger partial charge >= 0.3 is 12.2 Å². The van der Waals surface area contributed by atoms with Crippen LogP contribution in [0.25, 0.3) is 0 Å². The summed E-state index contributed by atoms with van der Waals surface area (Å²) < 4.78 is 16.5. The summed E-state index contributed by atoms with van der Waals surface area (Å²) in [6.07, 6.45) is -0.462. The van der Waals surface area contributed by atoms with Gasteiger partial charge in [0.15, 0.2) is 0 Å². The molecule has 1 fully saturated rings. The van der Waals surface area contributed by atoms with Crippen LogP contribution in [0.15, 0.2) is 30.3 Å². The van der Waals surface area contributed by atoms with Gasteiger partial charge in [-0.15, -0.1) is 0 Å². The average Bonchev–Trinajstić information content (AvgIpc) is 2.60. The van der Waals surface area contributed by atoms with Gasteiger partial charge in [-0.05, 0) is 39.7 Å². The second-order valence-corrected chi connectivity index (χ2v) is 7.52. The molecular weight excluding hydrogens is 348 g/mol. The lowest BCUT2D eigenvalue weighted by atomic mass is 10.0. The van der Waals surface area contributed by atoms with Gasteiger partial charge in [0.25, 0.3) is 0 Å². The van der Waals surface area contributed by atoms with Crippen LogP contribution >= 0.6 is 0 Å². The van der Waals surface area contributed by atoms with Crippen molar-refractivity contribution in [2.75, 3.05) is 19.7 Å². The number of ether oxygens (including phenoxy) is 3. The highest BCUT2D eigenvalue weighted by atomic mass is 16.6. The minimum absolute atomic E-state index is 0.166. The largest absolute Gasteiger partial charge is 0.445 e. The third kappa shape index (κ3) is 7.09. The third-order valence-electron chi connectivity index (χ3n) is 4.10. The zero-order chi connectivity index (χ0) is 19.9. The predicted molar refractivity (Wildman–Crippen MR) is 101 cm³/mol. The molecular formula is C20H30N2O5. The van der Waals surface area contributed by atoms with Crippen LogP contribution < -0.4 is 5.32 Å². The number of carbonyl (C=O) groups is 2. The molecule has 0 aliphatic carbocycles. The lowest BCUT2D eigenvalue weighted by Crippen LogP contribution is -2.57. The van der Waals surface area contributed by atoms with E-state index in [0.29, 0.717) is 26.1 Å². The highest BCUT2D eigenvalue weighted by Gasteiger charge is 2.34. The van der Waals surface area contributed by atoms with Crippen LogP contribution in [0.4, 0.5) is 9.59 Å². The first kappa shape index (κ1) is 21.0. The molecule has 0 radical (unpaired) electrons. The van der Waals surface area contributed by atoms with E-state index in [1.807, 2.05) is 37.3 Å². The Balaban J connectivity index is 1.93. The lowest BCUT2D eigenvalue weighted by molar-refractivity contribution is -0.0172. The predicted octanol–water partition coefficient (Wildman–Crippen LogP) is 3.33. The molecule has 1 aromatic carbocycles. The van der Waals surface area contributed by atoms with Crippen LogP contribution in [0.3, 0.4) is 0 Å². The number of carbonyl (C=O) groups excluding carboxylic acids is 2. The van der Waals surface area contributed by atoms with E-state index in [0.717, 1.165) is 5.56 Å². The van der Waals surface area contributed by atoms with Gasteiger partial charge < -0.3 is 24.4 Å². The molecule has 0 spiro atoms. The third-order valence-corrected chi connectivity index (χ3v) is 4.10. The van der Waals surface area contributed by atoms with E-state index in [2.05, 4.69) is 5.32 Å². The summed E-state index contributed by atoms with van der Waals surface area (Å²) in [5, 5.41) is 2.83. The maximum Gasteiger partial charge on any atom is 0.410 e. The van der Waals surface area contributed by atoms with Crippen molar-refractivity contribution in [2.45, 2.75) is 58.5 Å². The number of amides is 2. The van der Waals surface area contributed by atoms with Crippen molar-refractivity contribution < 1.29 is 23.8 Å². The Bertz CT molecular complexity index is 615. The SMILES string of the molecule is CCOC1CCN(C(=O)OCc2ccccc2)CC1NC(=O)OC(C)(C)C. The van der Waals surface area contributed by atoms with Gasteiger partial charge in [-0.1, -0.05) is 30.3 Å². The Morgan fingerprint density at radius 2 is 1.93 bits per heavy atom. The quantitative estimate of drug-likeness (QED) is 0.850. The first-order chi connectivity index (χ1) is 12.8. The standard InChI is InChI=1S/C20H30N2O5/c1-5-25-17-11-12-22(13-16(17)21-18(23)27-20(2,3)4)19(24)26-14-15-9-7-6-8-10-15/h6-10,16-17H,5,11-14H2,1-4H3,(H,21,23). The molecule has 27 heavy (non-hydrogen) atoms. The zero-order valence-corrected chi connectivity index (χ0v) is 16.6. The molecule has 2 rings (SSSR count). The Kier molecular flexibility index (Phi) is 7.47. The highest BCUT2D eigenvalue weighted by Crippen LogP contribution is 2.17. The van der Waals surface area contributed by atoms with E-state index < -0.39 is 17.8 Å². The number of hydrogen-bond acceptors (Lipinski definition) is 5. The summed E-state index contributed by atoms with van der Waals surface area (Å²) in [6, 6.07) is 9.17. The summed E-state index contributed by atoms with van der Waals surface area (Å²) in [4.78, 5) is 26.2. The van der Waals surface area contributed by atoms with Crippen molar-refractivity contribution in [1.29, 1.82) is 0 Å². The van der Waals surface area contributed by atoms with E-state index in [1.54, 1.807) is 25.7 Å². The first-order valence-electron chi connectivity index (χ1n) is 9.35. The molecule has 0 saturated carbocycles. The Morgan fingerprint density at radius 1 is 1.22 bits per heavy atom. The summed E-state index contributed by atoms with van der Waals surface area (Å²) in [5.41, 5.74) is 0.340. The van der Waals surface area contributed by atoms with Crippen molar-refractivity contribution in [1.82, 2.24) is 10.2 Å². The molecule has 1 aliphatic heterocycles. The van der Waals surface area contributed by atoms with Gasteiger partial charge in [0.1, 0.15) is 12.2 Å². The van der Waals surface area contributed by atoms with Crippen molar-refractivity contribution in [3.05, 3.63) is 35.9 Å². The number of nitrogens with one attached hydrogen (secondary N) is 1. The molecule has 2 atom stereocenters. The number of hydrogen-bond donors (Lipinski definition) is 1. The fourth-order valence-electron chi connectivity index (χ4n) is 2.92. The molecule has 7 heteroatoms. The van der Waals surface area contributed by atoms with Crippen LogP contribution in [-0.2, 0) is 20.8 Å². The fraction of sp³-hybridized carbons (Fsp3) is 0.600. The highest BCUT2D eigenvalue weighted by molar-refractivity contribution is 5.70. The zero-order valence-electron chi connectivity index (χ0n) is 16.6. The number of likely N-dealkylation sites (tertiary alicyclic amines) is 1. The minimum atomic E-state index is -0.589. The van der Waals surface area contributed by atoms with E-state index in [9.17, 15) is 9.59 Å². The van der Waals surface area contributed by atoms with Gasteiger partial charge in [0, 0.05) is 19.7 Å². The topological polar surface area (TPSA) is 77.1 Å². The van der Waals surface area contributed by atoms with E-state index in [1.165, 1.54) is 0 Å². The minimum Gasteiger partial charge on any atom is -0.445 e. The molecule has 1 aliphatic rings. The van der Waals surface area contributed by atoms with Crippen LogP contribution in [0.5, 0.6) is 0 Å². The van der Waals surface area contributed by atoms with Crippen LogP contribution in [0.1, 0.15) is 39.7 Å². The molecule has 2 unspecified atom stereocenters. The number of nitrogens with zero attached hydrogens (tertiary/aromatic N) is 1. The molecule has 1 saturated heterocycles. The maximum absolute atomic E-state index is 12.4. The van der Waals surface area contributed by atoms with Gasteiger partial charge in [-0.25, -0.2) is 9.59 Å². The smallest absolute Gasteiger partial charge is 0.410 e.